The smallest absolute Gasteiger partial charge is 0.462 e. The molecule has 13 atom stereocenters. The third-order valence-electron chi connectivity index (χ3n) is 13.1. The number of nitrogens with zero attached hydrogens (tertiary/aromatic N) is 2. The van der Waals surface area contributed by atoms with Crippen molar-refractivity contribution in [2.75, 3.05) is 25.6 Å². The molecule has 0 saturated carbocycles. The second-order valence-corrected chi connectivity index (χ2v) is 22.3. The molecule has 0 spiro atoms. The Hall–Kier alpha value is -2.88. The van der Waals surface area contributed by atoms with Crippen LogP contribution in [-0.4, -0.2) is 119 Å². The van der Waals surface area contributed by atoms with Crippen molar-refractivity contribution in [1.29, 1.82) is 0 Å². The van der Waals surface area contributed by atoms with E-state index in [0.717, 1.165) is 55.4 Å². The summed E-state index contributed by atoms with van der Waals surface area (Å²) >= 11 is 0. The summed E-state index contributed by atoms with van der Waals surface area (Å²) in [5.41, 5.74) is 4.78. The predicted octanol–water partition coefficient (Wildman–Crippen LogP) is 6.85. The van der Waals surface area contributed by atoms with Gasteiger partial charge in [0.05, 0.1) is 37.6 Å². The lowest BCUT2D eigenvalue weighted by Crippen LogP contribution is -2.52. The number of carbonyl (C=O) groups is 2. The standard InChI is InChI=1S/C49H85N3O18P2/c1-4-6-17-23-36(53)27-28-38-40(54)31-41(55)39-24-19-15-16-20-25-44(56)65-32-37(68-45(57)26-21-14-12-10-8-7-9-11-13-18-22-35(3)5-2)33-66-71(61,62)70-72(63,64)67-34-42(47(59)46(38)58)69-48(39)52-30-29-43(50)51-49(52)60/h15,19,27-30,35-42,46-48,53-55,58-59H,4-14,16-18,20-26,31-34H2,1-3H3,(H,61,62)(H,63,64)(H2,50,51,60)/b19-15-,28-27+/t35?,36-,37+,38-,39-,40+,41-,42+,46-,47+,48+/m0/s1. The minimum Gasteiger partial charge on any atom is -0.462 e. The Labute approximate surface area is 424 Å². The number of hydrogen-bond acceptors (Lipinski definition) is 18. The van der Waals surface area contributed by atoms with Gasteiger partial charge in [0.25, 0.3) is 0 Å². The molecule has 23 heteroatoms. The second-order valence-electron chi connectivity index (χ2n) is 19.2. The van der Waals surface area contributed by atoms with E-state index in [9.17, 15) is 58.8 Å². The quantitative estimate of drug-likeness (QED) is 0.0255. The van der Waals surface area contributed by atoms with E-state index in [2.05, 4.69) is 23.1 Å². The number of cyclic esters (lactones) is 1. The number of phosphoric acid groups is 2. The molecule has 2 bridgehead atoms. The van der Waals surface area contributed by atoms with Gasteiger partial charge in [-0.1, -0.05) is 135 Å². The van der Waals surface area contributed by atoms with E-state index in [4.69, 9.17) is 29.0 Å². The lowest BCUT2D eigenvalue weighted by molar-refractivity contribution is -0.194. The second kappa shape index (κ2) is 33.9. The Balaban J connectivity index is 1.82. The molecule has 3 heterocycles. The van der Waals surface area contributed by atoms with E-state index in [1.54, 1.807) is 12.2 Å². The summed E-state index contributed by atoms with van der Waals surface area (Å²) in [6.45, 7) is 3.79. The van der Waals surface area contributed by atoms with Crippen molar-refractivity contribution in [3.63, 3.8) is 0 Å². The minimum atomic E-state index is -5.70. The molecule has 0 aromatic carbocycles. The van der Waals surface area contributed by atoms with Gasteiger partial charge in [-0.15, -0.1) is 0 Å². The molecular formula is C49H85N3O18P2. The first-order valence-electron chi connectivity index (χ1n) is 26.0. The van der Waals surface area contributed by atoms with Crippen LogP contribution in [0.2, 0.25) is 0 Å². The number of fused-ring (bicyclic) bond motifs is 3. The van der Waals surface area contributed by atoms with Crippen LogP contribution in [0.4, 0.5) is 5.82 Å². The highest BCUT2D eigenvalue weighted by atomic mass is 31.3. The summed E-state index contributed by atoms with van der Waals surface area (Å²) in [6.07, 6.45) is 9.52. The molecule has 2 aliphatic heterocycles. The maximum Gasteiger partial charge on any atom is 0.481 e. The van der Waals surface area contributed by atoms with E-state index in [-0.39, 0.29) is 31.5 Å². The topological polar surface area (TPSA) is 326 Å². The van der Waals surface area contributed by atoms with E-state index >= 15 is 0 Å². The van der Waals surface area contributed by atoms with E-state index in [0.29, 0.717) is 25.7 Å². The van der Waals surface area contributed by atoms with Gasteiger partial charge in [-0.25, -0.2) is 13.9 Å². The number of ether oxygens (including phenoxy) is 3. The number of aromatic nitrogens is 2. The van der Waals surface area contributed by atoms with Crippen molar-refractivity contribution in [3.05, 3.63) is 47.1 Å². The van der Waals surface area contributed by atoms with Gasteiger partial charge in [0, 0.05) is 37.3 Å². The van der Waals surface area contributed by atoms with Gasteiger partial charge in [-0.3, -0.25) is 23.2 Å². The largest absolute Gasteiger partial charge is 0.481 e. The van der Waals surface area contributed by atoms with Crippen LogP contribution in [0.5, 0.6) is 0 Å². The van der Waals surface area contributed by atoms with Crippen molar-refractivity contribution >= 4 is 33.4 Å². The number of carbonyl (C=O) groups excluding carboxylic acids is 2. The molecule has 414 valence electrons. The molecule has 9 N–H and O–H groups in total. The summed E-state index contributed by atoms with van der Waals surface area (Å²) in [4.78, 5) is 64.2. The first kappa shape index (κ1) is 63.4. The van der Waals surface area contributed by atoms with Crippen LogP contribution < -0.4 is 11.4 Å². The fourth-order valence-corrected chi connectivity index (χ4v) is 10.7. The van der Waals surface area contributed by atoms with Crippen molar-refractivity contribution in [2.24, 2.45) is 17.8 Å². The number of aliphatic hydroxyl groups excluding tert-OH is 5. The molecule has 0 amide bonds. The summed E-state index contributed by atoms with van der Waals surface area (Å²) in [6, 6.07) is 1.24. The van der Waals surface area contributed by atoms with Crippen molar-refractivity contribution in [2.45, 2.75) is 211 Å². The molecule has 1 saturated heterocycles. The number of unbranched alkanes of at least 4 members (excludes halogenated alkanes) is 11. The average Bonchev–Trinajstić information content (AvgIpc) is 3.31. The minimum absolute atomic E-state index is 0.00291. The van der Waals surface area contributed by atoms with Crippen LogP contribution in [0.1, 0.15) is 168 Å². The zero-order valence-corrected chi connectivity index (χ0v) is 44.3. The Morgan fingerprint density at radius 1 is 0.875 bits per heavy atom. The van der Waals surface area contributed by atoms with Gasteiger partial charge in [0.2, 0.25) is 0 Å². The number of nitrogens with two attached hydrogens (primary N) is 1. The first-order valence-corrected chi connectivity index (χ1v) is 29.0. The SMILES string of the molecule is CCCCC[C@H](O)/C=C/[C@@H]1[C@H](O)[C@H](O)[C@H]2COP(=O)(O)OP(=O)(O)OC[C@H](OC(=O)CCCCCCCCCCCCC(C)CC)COC(=O)CCC/C=C\C[C@H]([C@H](n3ccc(N)nc3=O)O2)[C@@H](O)C[C@H]1O. The van der Waals surface area contributed by atoms with E-state index < -0.39 is 120 Å². The third kappa shape index (κ3) is 24.6. The number of nitrogen functional groups attached to an aromatic ring is 1. The molecule has 0 radical (unpaired) electrons. The summed E-state index contributed by atoms with van der Waals surface area (Å²) < 4.78 is 59.1. The number of anilines is 1. The molecule has 3 unspecified atom stereocenters. The highest BCUT2D eigenvalue weighted by molar-refractivity contribution is 7.61. The first-order chi connectivity index (χ1) is 34.3. The number of hydrogen-bond donors (Lipinski definition) is 8. The third-order valence-corrected chi connectivity index (χ3v) is 15.7. The molecule has 1 fully saturated rings. The molecule has 21 nitrogen and oxygen atoms in total. The average molecular weight is 1070 g/mol. The molecule has 1 aromatic heterocycles. The molecular weight excluding hydrogens is 980 g/mol. The Bertz CT molecular complexity index is 1940. The molecule has 1 aromatic rings. The number of aliphatic hydroxyl groups is 5. The zero-order chi connectivity index (χ0) is 53.1. The summed E-state index contributed by atoms with van der Waals surface area (Å²) in [5, 5.41) is 57.5. The Kier molecular flexibility index (Phi) is 29.9. The lowest BCUT2D eigenvalue weighted by atomic mass is 9.82. The van der Waals surface area contributed by atoms with Crippen LogP contribution in [0.3, 0.4) is 0 Å². The number of rotatable bonds is 22. The number of phosphoric ester groups is 2. The van der Waals surface area contributed by atoms with Crippen LogP contribution in [0.25, 0.3) is 0 Å². The normalized spacial score (nSPS) is 31.2. The Morgan fingerprint density at radius 2 is 1.51 bits per heavy atom. The Morgan fingerprint density at radius 3 is 2.17 bits per heavy atom. The monoisotopic (exact) mass is 1070 g/mol. The molecule has 2 aliphatic rings. The van der Waals surface area contributed by atoms with Gasteiger partial charge in [-0.05, 0) is 44.1 Å². The van der Waals surface area contributed by atoms with Crippen molar-refractivity contribution < 1.29 is 81.6 Å². The van der Waals surface area contributed by atoms with Crippen molar-refractivity contribution in [3.8, 4) is 0 Å². The lowest BCUT2D eigenvalue weighted by Gasteiger charge is -2.40. The fraction of sp³-hybridized carbons (Fsp3) is 0.796. The van der Waals surface area contributed by atoms with Crippen LogP contribution >= 0.6 is 15.6 Å². The predicted molar refractivity (Wildman–Crippen MR) is 268 cm³/mol. The van der Waals surface area contributed by atoms with Crippen LogP contribution in [0, 0.1) is 17.8 Å². The highest BCUT2D eigenvalue weighted by Crippen LogP contribution is 2.60. The van der Waals surface area contributed by atoms with Gasteiger partial charge in [-0.2, -0.15) is 9.29 Å². The van der Waals surface area contributed by atoms with Gasteiger partial charge >= 0.3 is 33.3 Å². The highest BCUT2D eigenvalue weighted by Gasteiger charge is 2.45. The van der Waals surface area contributed by atoms with Gasteiger partial charge in [0.1, 0.15) is 30.9 Å². The van der Waals surface area contributed by atoms with Gasteiger partial charge < -0.3 is 55.3 Å². The number of allylic oxidation sites excluding steroid dienone is 2. The van der Waals surface area contributed by atoms with E-state index in [1.807, 2.05) is 6.92 Å². The molecule has 72 heavy (non-hydrogen) atoms. The molecule has 0 aliphatic carbocycles. The van der Waals surface area contributed by atoms with Crippen LogP contribution in [-0.2, 0) is 46.3 Å². The number of esters is 2. The van der Waals surface area contributed by atoms with Crippen molar-refractivity contribution in [1.82, 2.24) is 9.55 Å². The van der Waals surface area contributed by atoms with Gasteiger partial charge in [0.15, 0.2) is 6.10 Å². The summed E-state index contributed by atoms with van der Waals surface area (Å²) in [5.74, 6) is -3.37. The molecule has 3 rings (SSSR count). The maximum absolute atomic E-state index is 13.4. The summed E-state index contributed by atoms with van der Waals surface area (Å²) in [7, 11) is -11.3. The maximum atomic E-state index is 13.4. The fourth-order valence-electron chi connectivity index (χ4n) is 8.56. The zero-order valence-electron chi connectivity index (χ0n) is 42.5. The van der Waals surface area contributed by atoms with Crippen LogP contribution in [0.15, 0.2) is 41.4 Å². The van der Waals surface area contributed by atoms with E-state index in [1.165, 1.54) is 62.9 Å².